The minimum atomic E-state index is -3.55. The number of hydrogen-bond acceptors (Lipinski definition) is 6. The number of amides is 1. The minimum Gasteiger partial charge on any atom is -0.452 e. The van der Waals surface area contributed by atoms with E-state index < -0.39 is 28.5 Å². The van der Waals surface area contributed by atoms with Gasteiger partial charge >= 0.3 is 5.97 Å². The predicted octanol–water partition coefficient (Wildman–Crippen LogP) is 2.68. The fraction of sp³-hybridized carbons (Fsp3) is 0.136. The van der Waals surface area contributed by atoms with E-state index in [1.807, 2.05) is 30.3 Å². The van der Waals surface area contributed by atoms with E-state index in [9.17, 15) is 18.0 Å². The molecule has 31 heavy (non-hydrogen) atoms. The average molecular weight is 439 g/mol. The largest absolute Gasteiger partial charge is 0.452 e. The Hall–Kier alpha value is -3.56. The molecule has 1 aromatic heterocycles. The SMILES string of the molecule is CN(C)S(=O)(=O)c1ccc(NC(=O)COC(=O)/C=C/c2cccc3cccnc23)cc1. The van der Waals surface area contributed by atoms with Gasteiger partial charge in [0.25, 0.3) is 5.91 Å². The van der Waals surface area contributed by atoms with Crippen molar-refractivity contribution in [3.8, 4) is 0 Å². The molecule has 1 N–H and O–H groups in total. The number of fused-ring (bicyclic) bond motifs is 1. The molecule has 0 saturated heterocycles. The number of nitrogens with one attached hydrogen (secondary N) is 1. The molecule has 2 aromatic carbocycles. The van der Waals surface area contributed by atoms with Gasteiger partial charge in [0, 0.05) is 43.0 Å². The zero-order valence-electron chi connectivity index (χ0n) is 17.0. The van der Waals surface area contributed by atoms with Crippen molar-refractivity contribution in [3.05, 3.63) is 72.4 Å². The van der Waals surface area contributed by atoms with Gasteiger partial charge in [0.05, 0.1) is 10.4 Å². The Labute approximate surface area is 180 Å². The van der Waals surface area contributed by atoms with Crippen molar-refractivity contribution in [2.75, 3.05) is 26.0 Å². The monoisotopic (exact) mass is 439 g/mol. The van der Waals surface area contributed by atoms with Crippen LogP contribution in [-0.4, -0.2) is 50.3 Å². The molecule has 8 nitrogen and oxygen atoms in total. The van der Waals surface area contributed by atoms with Crippen LogP contribution in [0.2, 0.25) is 0 Å². The van der Waals surface area contributed by atoms with Gasteiger partial charge in [-0.15, -0.1) is 0 Å². The van der Waals surface area contributed by atoms with Gasteiger partial charge in [-0.05, 0) is 36.4 Å². The van der Waals surface area contributed by atoms with Gasteiger partial charge in [0.1, 0.15) is 0 Å². The van der Waals surface area contributed by atoms with Crippen LogP contribution < -0.4 is 5.32 Å². The first kappa shape index (κ1) is 22.1. The molecule has 1 amide bonds. The lowest BCUT2D eigenvalue weighted by Gasteiger charge is -2.12. The number of sulfonamides is 1. The topological polar surface area (TPSA) is 106 Å². The van der Waals surface area contributed by atoms with Crippen molar-refractivity contribution >= 4 is 44.6 Å². The van der Waals surface area contributed by atoms with Crippen LogP contribution in [0.3, 0.4) is 0 Å². The van der Waals surface area contributed by atoms with Gasteiger partial charge in [-0.3, -0.25) is 9.78 Å². The third-order valence-electron chi connectivity index (χ3n) is 4.33. The third-order valence-corrected chi connectivity index (χ3v) is 6.15. The highest BCUT2D eigenvalue weighted by Crippen LogP contribution is 2.18. The van der Waals surface area contributed by atoms with Gasteiger partial charge in [-0.1, -0.05) is 24.3 Å². The summed E-state index contributed by atoms with van der Waals surface area (Å²) >= 11 is 0. The van der Waals surface area contributed by atoms with E-state index in [0.717, 1.165) is 20.8 Å². The average Bonchev–Trinajstić information content (AvgIpc) is 2.76. The van der Waals surface area contributed by atoms with Gasteiger partial charge in [-0.2, -0.15) is 0 Å². The Bertz CT molecular complexity index is 1230. The maximum absolute atomic E-state index is 12.1. The van der Waals surface area contributed by atoms with E-state index in [-0.39, 0.29) is 4.90 Å². The molecule has 3 rings (SSSR count). The molecular weight excluding hydrogens is 418 g/mol. The Morgan fingerprint density at radius 3 is 2.48 bits per heavy atom. The molecular formula is C22H21N3O5S. The number of aromatic nitrogens is 1. The summed E-state index contributed by atoms with van der Waals surface area (Å²) in [6.45, 7) is -0.477. The lowest BCUT2D eigenvalue weighted by molar-refractivity contribution is -0.142. The maximum Gasteiger partial charge on any atom is 0.331 e. The zero-order valence-corrected chi connectivity index (χ0v) is 17.8. The molecule has 0 aliphatic carbocycles. The summed E-state index contributed by atoms with van der Waals surface area (Å²) in [5.74, 6) is -1.22. The second-order valence-corrected chi connectivity index (χ2v) is 8.88. The number of para-hydroxylation sites is 1. The molecule has 9 heteroatoms. The lowest BCUT2D eigenvalue weighted by atomic mass is 10.1. The van der Waals surface area contributed by atoms with Crippen LogP contribution in [0.15, 0.2) is 71.8 Å². The summed E-state index contributed by atoms with van der Waals surface area (Å²) in [5.41, 5.74) is 1.90. The fourth-order valence-electron chi connectivity index (χ4n) is 2.72. The van der Waals surface area contributed by atoms with E-state index >= 15 is 0 Å². The zero-order chi connectivity index (χ0) is 22.4. The smallest absolute Gasteiger partial charge is 0.331 e. The van der Waals surface area contributed by atoms with E-state index in [0.29, 0.717) is 5.69 Å². The van der Waals surface area contributed by atoms with Gasteiger partial charge in [-0.25, -0.2) is 17.5 Å². The van der Waals surface area contributed by atoms with E-state index in [2.05, 4.69) is 10.3 Å². The maximum atomic E-state index is 12.1. The molecule has 0 aliphatic heterocycles. The second kappa shape index (κ2) is 9.50. The normalized spacial score (nSPS) is 11.7. The standard InChI is InChI=1S/C22H21N3O5S/c1-25(2)31(28,29)19-11-9-18(10-12-19)24-20(26)15-30-21(27)13-8-17-6-3-5-16-7-4-14-23-22(16)17/h3-14H,15H2,1-2H3,(H,24,26)/b13-8+. The quantitative estimate of drug-likeness (QED) is 0.448. The highest BCUT2D eigenvalue weighted by atomic mass is 32.2. The summed E-state index contributed by atoms with van der Waals surface area (Å²) < 4.78 is 30.2. The summed E-state index contributed by atoms with van der Waals surface area (Å²) in [5, 5.41) is 3.49. The van der Waals surface area contributed by atoms with Crippen molar-refractivity contribution in [2.45, 2.75) is 4.90 Å². The number of carbonyl (C=O) groups excluding carboxylic acids is 2. The Morgan fingerprint density at radius 1 is 1.06 bits per heavy atom. The van der Waals surface area contributed by atoms with Crippen molar-refractivity contribution in [2.24, 2.45) is 0 Å². The number of nitrogens with zero attached hydrogens (tertiary/aromatic N) is 2. The number of benzene rings is 2. The number of anilines is 1. The van der Waals surface area contributed by atoms with Crippen molar-refractivity contribution in [3.63, 3.8) is 0 Å². The van der Waals surface area contributed by atoms with Crippen LogP contribution in [0.1, 0.15) is 5.56 Å². The van der Waals surface area contributed by atoms with Crippen molar-refractivity contribution in [1.82, 2.24) is 9.29 Å². The molecule has 3 aromatic rings. The number of pyridine rings is 1. The Kier molecular flexibility index (Phi) is 6.78. The fourth-order valence-corrected chi connectivity index (χ4v) is 3.62. The Balaban J connectivity index is 1.55. The number of carbonyl (C=O) groups is 2. The Morgan fingerprint density at radius 2 is 1.77 bits per heavy atom. The molecule has 0 atom stereocenters. The molecule has 0 bridgehead atoms. The van der Waals surface area contributed by atoms with E-state index in [1.54, 1.807) is 12.3 Å². The summed E-state index contributed by atoms with van der Waals surface area (Å²) in [6.07, 6.45) is 4.49. The number of ether oxygens (including phenoxy) is 1. The predicted molar refractivity (Wildman–Crippen MR) is 118 cm³/mol. The van der Waals surface area contributed by atoms with E-state index in [4.69, 9.17) is 4.74 Å². The first-order valence-electron chi connectivity index (χ1n) is 9.28. The molecule has 0 spiro atoms. The van der Waals surface area contributed by atoms with Crippen molar-refractivity contribution in [1.29, 1.82) is 0 Å². The number of esters is 1. The number of rotatable bonds is 7. The molecule has 1 heterocycles. The van der Waals surface area contributed by atoms with Crippen LogP contribution in [0.5, 0.6) is 0 Å². The van der Waals surface area contributed by atoms with E-state index in [1.165, 1.54) is 44.4 Å². The molecule has 0 fully saturated rings. The van der Waals surface area contributed by atoms with Crippen LogP contribution in [0.4, 0.5) is 5.69 Å². The molecule has 0 radical (unpaired) electrons. The summed E-state index contributed by atoms with van der Waals surface area (Å²) in [7, 11) is -0.677. The lowest BCUT2D eigenvalue weighted by Crippen LogP contribution is -2.22. The van der Waals surface area contributed by atoms with Gasteiger partial charge < -0.3 is 10.1 Å². The van der Waals surface area contributed by atoms with Crippen LogP contribution in [-0.2, 0) is 24.3 Å². The second-order valence-electron chi connectivity index (χ2n) is 6.72. The number of hydrogen-bond donors (Lipinski definition) is 1. The highest BCUT2D eigenvalue weighted by molar-refractivity contribution is 7.89. The summed E-state index contributed by atoms with van der Waals surface area (Å²) in [6, 6.07) is 15.1. The van der Waals surface area contributed by atoms with Gasteiger partial charge in [0.2, 0.25) is 10.0 Å². The third kappa shape index (κ3) is 5.53. The molecule has 160 valence electrons. The molecule has 0 aliphatic rings. The first-order valence-corrected chi connectivity index (χ1v) is 10.7. The molecule has 0 saturated carbocycles. The minimum absolute atomic E-state index is 0.106. The van der Waals surface area contributed by atoms with Crippen LogP contribution >= 0.6 is 0 Å². The van der Waals surface area contributed by atoms with Gasteiger partial charge in [0.15, 0.2) is 6.61 Å². The molecule has 0 unspecified atom stereocenters. The van der Waals surface area contributed by atoms with Crippen LogP contribution in [0.25, 0.3) is 17.0 Å². The summed E-state index contributed by atoms with van der Waals surface area (Å²) in [4.78, 5) is 28.4. The highest BCUT2D eigenvalue weighted by Gasteiger charge is 2.16. The van der Waals surface area contributed by atoms with Crippen molar-refractivity contribution < 1.29 is 22.7 Å². The first-order chi connectivity index (χ1) is 14.8. The van der Waals surface area contributed by atoms with Crippen LogP contribution in [0, 0.1) is 0 Å².